The Morgan fingerprint density at radius 1 is 1.39 bits per heavy atom. The molecule has 6 nitrogen and oxygen atoms in total. The molecule has 0 atom stereocenters. The fourth-order valence-corrected chi connectivity index (χ4v) is 1.58. The van der Waals surface area contributed by atoms with Gasteiger partial charge in [0.25, 0.3) is 5.91 Å². The molecule has 0 aromatic heterocycles. The number of hydrogen-bond donors (Lipinski definition) is 2. The number of nitrogens with zero attached hydrogens (tertiary/aromatic N) is 1. The Morgan fingerprint density at radius 2 is 2.06 bits per heavy atom. The van der Waals surface area contributed by atoms with Gasteiger partial charge in [-0.2, -0.15) is 0 Å². The van der Waals surface area contributed by atoms with E-state index in [9.17, 15) is 9.59 Å². The second-order valence-corrected chi connectivity index (χ2v) is 3.75. The van der Waals surface area contributed by atoms with E-state index in [2.05, 4.69) is 0 Å². The normalized spacial score (nSPS) is 9.89. The first-order valence-corrected chi connectivity index (χ1v) is 5.50. The molecular formula is C12H17N3O3. The summed E-state index contributed by atoms with van der Waals surface area (Å²) in [4.78, 5) is 24.5. The third-order valence-corrected chi connectivity index (χ3v) is 2.47. The Hall–Kier alpha value is -2.24. The van der Waals surface area contributed by atoms with Crippen LogP contribution in [-0.2, 0) is 4.79 Å². The number of ether oxygens (including phenoxy) is 1. The van der Waals surface area contributed by atoms with Gasteiger partial charge in [0.15, 0.2) is 0 Å². The second kappa shape index (κ2) is 5.90. The van der Waals surface area contributed by atoms with Gasteiger partial charge in [-0.15, -0.1) is 0 Å². The van der Waals surface area contributed by atoms with E-state index in [1.807, 2.05) is 0 Å². The first-order chi connectivity index (χ1) is 8.49. The van der Waals surface area contributed by atoms with Crippen LogP contribution in [0.5, 0.6) is 5.75 Å². The summed E-state index contributed by atoms with van der Waals surface area (Å²) in [6.45, 7) is 2.01. The molecule has 98 valence electrons. The number of methoxy groups -OCH3 is 1. The Balaban J connectivity index is 3.07. The van der Waals surface area contributed by atoms with Crippen LogP contribution in [0.3, 0.4) is 0 Å². The van der Waals surface area contributed by atoms with E-state index in [0.29, 0.717) is 23.5 Å². The van der Waals surface area contributed by atoms with E-state index >= 15 is 0 Å². The third kappa shape index (κ3) is 3.13. The molecule has 4 N–H and O–H groups in total. The van der Waals surface area contributed by atoms with Gasteiger partial charge in [-0.3, -0.25) is 9.59 Å². The topological polar surface area (TPSA) is 98.7 Å². The number of carbonyl (C=O) groups is 2. The Morgan fingerprint density at radius 3 is 2.56 bits per heavy atom. The summed E-state index contributed by atoms with van der Waals surface area (Å²) in [5.41, 5.74) is 11.5. The van der Waals surface area contributed by atoms with Crippen LogP contribution in [0.15, 0.2) is 18.2 Å². The van der Waals surface area contributed by atoms with Crippen molar-refractivity contribution in [2.75, 3.05) is 25.9 Å². The minimum atomic E-state index is -0.562. The molecule has 0 bridgehead atoms. The molecule has 2 amide bonds. The molecule has 0 aliphatic heterocycles. The number of benzene rings is 1. The molecule has 0 saturated carbocycles. The first-order valence-electron chi connectivity index (χ1n) is 5.50. The van der Waals surface area contributed by atoms with Crippen LogP contribution in [0, 0.1) is 0 Å². The molecule has 0 aliphatic carbocycles. The fourth-order valence-electron chi connectivity index (χ4n) is 1.58. The number of rotatable bonds is 5. The van der Waals surface area contributed by atoms with E-state index in [1.165, 1.54) is 18.1 Å². The van der Waals surface area contributed by atoms with Crippen molar-refractivity contribution < 1.29 is 14.3 Å². The van der Waals surface area contributed by atoms with Gasteiger partial charge >= 0.3 is 0 Å². The zero-order valence-corrected chi connectivity index (χ0v) is 10.5. The van der Waals surface area contributed by atoms with E-state index in [0.717, 1.165) is 0 Å². The van der Waals surface area contributed by atoms with Crippen LogP contribution in [0.1, 0.15) is 17.3 Å². The van der Waals surface area contributed by atoms with Crippen molar-refractivity contribution >= 4 is 17.5 Å². The average molecular weight is 251 g/mol. The van der Waals surface area contributed by atoms with Crippen molar-refractivity contribution in [3.63, 3.8) is 0 Å². The zero-order chi connectivity index (χ0) is 13.7. The number of likely N-dealkylation sites (N-methyl/N-ethyl adjacent to an activating group) is 1. The van der Waals surface area contributed by atoms with Crippen LogP contribution in [0.25, 0.3) is 0 Å². The lowest BCUT2D eigenvalue weighted by atomic mass is 10.1. The lowest BCUT2D eigenvalue weighted by molar-refractivity contribution is -0.118. The highest BCUT2D eigenvalue weighted by Gasteiger charge is 2.19. The standard InChI is InChI=1S/C12H17N3O3/c1-3-15(7-11(14)16)12(17)9-6-8(13)4-5-10(9)18-2/h4-6H,3,7,13H2,1-2H3,(H2,14,16). The number of nitrogen functional groups attached to an aromatic ring is 1. The van der Waals surface area contributed by atoms with Gasteiger partial charge in [-0.1, -0.05) is 0 Å². The SMILES string of the molecule is CCN(CC(N)=O)C(=O)c1cc(N)ccc1OC. The first kappa shape index (κ1) is 13.8. The van der Waals surface area contributed by atoms with E-state index < -0.39 is 5.91 Å². The summed E-state index contributed by atoms with van der Waals surface area (Å²) in [6, 6.07) is 4.77. The highest BCUT2D eigenvalue weighted by molar-refractivity contribution is 5.99. The molecule has 0 heterocycles. The van der Waals surface area contributed by atoms with Gasteiger partial charge < -0.3 is 21.1 Å². The van der Waals surface area contributed by atoms with Crippen molar-refractivity contribution in [3.05, 3.63) is 23.8 Å². The minimum Gasteiger partial charge on any atom is -0.496 e. The van der Waals surface area contributed by atoms with Crippen LogP contribution in [0.2, 0.25) is 0 Å². The molecule has 0 fully saturated rings. The Bertz CT molecular complexity index is 460. The highest BCUT2D eigenvalue weighted by Crippen LogP contribution is 2.22. The van der Waals surface area contributed by atoms with Gasteiger partial charge in [-0.05, 0) is 25.1 Å². The monoisotopic (exact) mass is 251 g/mol. The maximum Gasteiger partial charge on any atom is 0.258 e. The average Bonchev–Trinajstić information content (AvgIpc) is 2.34. The summed E-state index contributed by atoms with van der Waals surface area (Å²) >= 11 is 0. The predicted molar refractivity (Wildman–Crippen MR) is 68.2 cm³/mol. The number of hydrogen-bond acceptors (Lipinski definition) is 4. The summed E-state index contributed by atoms with van der Waals surface area (Å²) in [5, 5.41) is 0. The summed E-state index contributed by atoms with van der Waals surface area (Å²) in [5.74, 6) is -0.481. The van der Waals surface area contributed by atoms with E-state index in [-0.39, 0.29) is 12.5 Å². The van der Waals surface area contributed by atoms with E-state index in [4.69, 9.17) is 16.2 Å². The number of anilines is 1. The van der Waals surface area contributed by atoms with Crippen molar-refractivity contribution in [2.24, 2.45) is 5.73 Å². The van der Waals surface area contributed by atoms with Crippen molar-refractivity contribution in [1.82, 2.24) is 4.90 Å². The number of amides is 2. The van der Waals surface area contributed by atoms with Crippen LogP contribution < -0.4 is 16.2 Å². The molecule has 0 aliphatic rings. The predicted octanol–water partition coefficient (Wildman–Crippen LogP) is 0.225. The molecule has 1 aromatic carbocycles. The molecule has 6 heteroatoms. The lowest BCUT2D eigenvalue weighted by Crippen LogP contribution is -2.38. The van der Waals surface area contributed by atoms with Crippen molar-refractivity contribution in [2.45, 2.75) is 6.92 Å². The zero-order valence-electron chi connectivity index (χ0n) is 10.5. The van der Waals surface area contributed by atoms with Gasteiger partial charge in [-0.25, -0.2) is 0 Å². The lowest BCUT2D eigenvalue weighted by Gasteiger charge is -2.20. The maximum absolute atomic E-state index is 12.2. The maximum atomic E-state index is 12.2. The number of nitrogens with two attached hydrogens (primary N) is 2. The highest BCUT2D eigenvalue weighted by atomic mass is 16.5. The molecule has 1 rings (SSSR count). The van der Waals surface area contributed by atoms with Crippen molar-refractivity contribution in [3.8, 4) is 5.75 Å². The quantitative estimate of drug-likeness (QED) is 0.731. The van der Waals surface area contributed by atoms with Crippen LogP contribution in [-0.4, -0.2) is 36.9 Å². The summed E-state index contributed by atoms with van der Waals surface area (Å²) in [7, 11) is 1.46. The number of carbonyl (C=O) groups excluding carboxylic acids is 2. The molecular weight excluding hydrogens is 234 g/mol. The van der Waals surface area contributed by atoms with Gasteiger partial charge in [0.1, 0.15) is 5.75 Å². The largest absolute Gasteiger partial charge is 0.496 e. The molecule has 0 spiro atoms. The van der Waals surface area contributed by atoms with E-state index in [1.54, 1.807) is 19.1 Å². The van der Waals surface area contributed by atoms with Crippen molar-refractivity contribution in [1.29, 1.82) is 0 Å². The van der Waals surface area contributed by atoms with Crippen LogP contribution in [0.4, 0.5) is 5.69 Å². The fraction of sp³-hybridized carbons (Fsp3) is 0.333. The number of primary amides is 1. The van der Waals surface area contributed by atoms with Gasteiger partial charge in [0.2, 0.25) is 5.91 Å². The Kier molecular flexibility index (Phi) is 4.53. The van der Waals surface area contributed by atoms with Gasteiger partial charge in [0, 0.05) is 12.2 Å². The molecule has 0 saturated heterocycles. The van der Waals surface area contributed by atoms with Crippen LogP contribution >= 0.6 is 0 Å². The Labute approximate surface area is 105 Å². The molecule has 18 heavy (non-hydrogen) atoms. The minimum absolute atomic E-state index is 0.132. The molecule has 1 aromatic rings. The molecule has 0 radical (unpaired) electrons. The molecule has 0 unspecified atom stereocenters. The smallest absolute Gasteiger partial charge is 0.258 e. The summed E-state index contributed by atoms with van der Waals surface area (Å²) < 4.78 is 5.10. The summed E-state index contributed by atoms with van der Waals surface area (Å²) in [6.07, 6.45) is 0. The second-order valence-electron chi connectivity index (χ2n) is 3.75. The van der Waals surface area contributed by atoms with Gasteiger partial charge in [0.05, 0.1) is 19.2 Å². The third-order valence-electron chi connectivity index (χ3n) is 2.47.